The predicted molar refractivity (Wildman–Crippen MR) is 216 cm³/mol. The van der Waals surface area contributed by atoms with Crippen molar-refractivity contribution in [1.82, 2.24) is 14.9 Å². The second-order valence-corrected chi connectivity index (χ2v) is 18.3. The Labute approximate surface area is 356 Å². The topological polar surface area (TPSA) is 377 Å². The molecule has 1 radical (unpaired) electrons. The second-order valence-electron chi connectivity index (χ2n) is 13.9. The Kier molecular flexibility index (Phi) is 13.9. The van der Waals surface area contributed by atoms with Crippen molar-refractivity contribution in [3.05, 3.63) is 116 Å². The van der Waals surface area contributed by atoms with Gasteiger partial charge in [-0.1, -0.05) is 18.2 Å². The summed E-state index contributed by atoms with van der Waals surface area (Å²) in [5.41, 5.74) is 8.44. The minimum Gasteiger partial charge on any atom is -0.545 e. The number of carbonyl (C=O) groups is 2. The maximum Gasteiger partial charge on any atom is 0.490 e. The summed E-state index contributed by atoms with van der Waals surface area (Å²) in [6, 6.07) is 9.46. The summed E-state index contributed by atoms with van der Waals surface area (Å²) < 4.78 is 58.7. The van der Waals surface area contributed by atoms with Gasteiger partial charge in [-0.25, -0.2) is 18.5 Å². The molecule has 63 heavy (non-hydrogen) atoms. The Balaban J connectivity index is 1.16. The molecule has 7 unspecified atom stereocenters. The van der Waals surface area contributed by atoms with E-state index < -0.39 is 72.2 Å². The molecule has 0 saturated carbocycles. The number of allylic oxidation sites excluding steroid dienone is 1. The molecule has 3 aliphatic rings. The zero-order valence-electron chi connectivity index (χ0n) is 33.0. The molecule has 1 saturated heterocycles. The number of benzene rings is 2. The van der Waals surface area contributed by atoms with Crippen LogP contribution in [0.25, 0.3) is 11.6 Å². The lowest BCUT2D eigenvalue weighted by atomic mass is 9.83. The van der Waals surface area contributed by atoms with E-state index >= 15 is 0 Å². The Bertz CT molecular complexity index is 2680. The van der Waals surface area contributed by atoms with Crippen molar-refractivity contribution in [2.75, 3.05) is 38.3 Å². The van der Waals surface area contributed by atoms with Crippen LogP contribution in [0.15, 0.2) is 82.5 Å². The highest BCUT2D eigenvalue weighted by molar-refractivity contribution is 7.66. The Hall–Kier alpha value is -5.13. The summed E-state index contributed by atoms with van der Waals surface area (Å²) in [6.45, 7) is 0.626. The monoisotopic (exact) mass is 937 g/mol. The molecule has 27 heteroatoms. The molecule has 7 atom stereocenters. The van der Waals surface area contributed by atoms with Crippen LogP contribution in [0.4, 0.5) is 11.5 Å². The molecule has 24 nitrogen and oxygen atoms in total. The third kappa shape index (κ3) is 10.8. The van der Waals surface area contributed by atoms with Crippen molar-refractivity contribution in [2.24, 2.45) is 0 Å². The molecule has 1 fully saturated rings. The fraction of sp³-hybridized carbons (Fsp3) is 0.278. The molecule has 3 heterocycles. The van der Waals surface area contributed by atoms with Crippen LogP contribution in [0.5, 0.6) is 5.75 Å². The highest BCUT2D eigenvalue weighted by Gasteiger charge is 2.47. The SMILES string of the molecule is CNc1ccc2c(c1)OC1=CC([NH+]C)C(C)=CC1=C2c1ccc(C(=O)NCC=Cc2cn(C3OC(COP(=O)(O)OP(=O)(O)OP(=O)(O)O)C(O)C3O)c(=O)nc2N)cc1C(=O)[O-]. The Morgan fingerprint density at radius 2 is 1.76 bits per heavy atom. The molecule has 1 amide bonds. The van der Waals surface area contributed by atoms with E-state index in [2.05, 4.69) is 34.1 Å². The quantitative estimate of drug-likeness (QED) is 0.0772. The maximum atomic E-state index is 13.3. The number of aromatic carboxylic acids is 1. The van der Waals surface area contributed by atoms with Crippen molar-refractivity contribution in [3.63, 3.8) is 0 Å². The number of anilines is 2. The molecule has 0 spiro atoms. The normalized spacial score (nSPS) is 22.8. The fourth-order valence-corrected chi connectivity index (χ4v) is 9.80. The summed E-state index contributed by atoms with van der Waals surface area (Å²) >= 11 is 0. The van der Waals surface area contributed by atoms with Crippen LogP contribution in [-0.4, -0.2) is 103 Å². The summed E-state index contributed by atoms with van der Waals surface area (Å²) in [4.78, 5) is 78.8. The van der Waals surface area contributed by atoms with Gasteiger partial charge in [0.2, 0.25) is 0 Å². The van der Waals surface area contributed by atoms with Crippen molar-refractivity contribution >= 4 is 58.5 Å². The average Bonchev–Trinajstić information content (AvgIpc) is 3.48. The lowest BCUT2D eigenvalue weighted by molar-refractivity contribution is -0.644. The van der Waals surface area contributed by atoms with Crippen molar-refractivity contribution in [3.8, 4) is 5.75 Å². The summed E-state index contributed by atoms with van der Waals surface area (Å²) in [5, 5.41) is 42.7. The number of nitrogens with two attached hydrogens (primary N) is 1. The van der Waals surface area contributed by atoms with Crippen LogP contribution < -0.4 is 37.2 Å². The van der Waals surface area contributed by atoms with Crippen LogP contribution in [0.3, 0.4) is 0 Å². The number of amides is 1. The molecular weight excluding hydrogens is 897 g/mol. The van der Waals surface area contributed by atoms with Gasteiger partial charge in [0.05, 0.1) is 12.6 Å². The van der Waals surface area contributed by atoms with Crippen molar-refractivity contribution in [2.45, 2.75) is 37.5 Å². The van der Waals surface area contributed by atoms with E-state index in [-0.39, 0.29) is 40.7 Å². The van der Waals surface area contributed by atoms with Gasteiger partial charge in [0.25, 0.3) is 5.91 Å². The van der Waals surface area contributed by atoms with Gasteiger partial charge in [-0.2, -0.15) is 18.9 Å². The standard InChI is InChI=1S/C36H41N6O18P3/c1-17-11-24-27(14-25(17)39-3)57-26-13-20(38-2)7-9-22(26)29(24)21-8-6-18(12-23(21)35(46)47)33(45)40-10-4-5-19-15-42(36(48)41-32(19)37)34-31(44)30(43)28(58-34)16-56-62(52,53)60-63(54,55)59-61(49,50)51/h4-9,11-15,25,28,30-31,34,38-39,43-44H,10,16H2,1-3H3,(H,40,45)(H,46,47)(H,52,53)(H,54,55)(H2,37,41,48)(H2,49,50,51)/q+1/p-1. The first kappa shape index (κ1) is 47.4. The zero-order valence-corrected chi connectivity index (χ0v) is 35.7. The first-order valence-corrected chi connectivity index (χ1v) is 22.8. The number of rotatable bonds is 16. The number of carboxylic acids is 1. The number of ether oxygens (including phenoxy) is 2. The van der Waals surface area contributed by atoms with E-state index in [1.54, 1.807) is 20.2 Å². The van der Waals surface area contributed by atoms with E-state index in [1.807, 2.05) is 31.2 Å². The first-order chi connectivity index (χ1) is 29.5. The van der Waals surface area contributed by atoms with Gasteiger partial charge in [-0.05, 0) is 48.4 Å². The first-order valence-electron chi connectivity index (χ1n) is 18.3. The molecule has 6 rings (SSSR count). The van der Waals surface area contributed by atoms with Crippen molar-refractivity contribution < 1.29 is 86.1 Å². The van der Waals surface area contributed by atoms with Gasteiger partial charge in [0, 0.05) is 71.0 Å². The summed E-state index contributed by atoms with van der Waals surface area (Å²) in [6.07, 6.45) is 0.364. The van der Waals surface area contributed by atoms with Crippen LogP contribution in [0.2, 0.25) is 0 Å². The number of carbonyl (C=O) groups excluding carboxylic acids is 2. The van der Waals surface area contributed by atoms with Gasteiger partial charge in [-0.3, -0.25) is 13.9 Å². The van der Waals surface area contributed by atoms with Gasteiger partial charge in [0.15, 0.2) is 12.3 Å². The number of fused-ring (bicyclic) bond motifs is 2. The number of likely N-dealkylation sites (N-methyl/N-ethyl adjacent to an activating group) is 1. The van der Waals surface area contributed by atoms with E-state index in [4.69, 9.17) is 25.0 Å². The number of nitrogen functional groups attached to an aromatic ring is 1. The predicted octanol–water partition coefficient (Wildman–Crippen LogP) is -0.978. The van der Waals surface area contributed by atoms with Gasteiger partial charge < -0.3 is 65.5 Å². The minimum absolute atomic E-state index is 0.0145. The lowest BCUT2D eigenvalue weighted by Crippen LogP contribution is -2.86. The number of phosphoric acid groups is 3. The number of aromatic nitrogens is 2. The molecule has 2 aromatic carbocycles. The fourth-order valence-electron chi connectivity index (χ4n) is 6.77. The van der Waals surface area contributed by atoms with E-state index in [0.717, 1.165) is 17.5 Å². The van der Waals surface area contributed by atoms with Gasteiger partial charge in [-0.15, -0.1) is 0 Å². The van der Waals surface area contributed by atoms with Gasteiger partial charge in [0.1, 0.15) is 42.7 Å². The van der Waals surface area contributed by atoms with E-state index in [9.17, 15) is 53.2 Å². The highest BCUT2D eigenvalue weighted by Crippen LogP contribution is 2.66. The number of nitrogens with zero attached hydrogens (tertiary/aromatic N) is 2. The Morgan fingerprint density at radius 3 is 2.43 bits per heavy atom. The largest absolute Gasteiger partial charge is 0.545 e. The smallest absolute Gasteiger partial charge is 0.490 e. The second kappa shape index (κ2) is 18.5. The van der Waals surface area contributed by atoms with Crippen LogP contribution in [0.1, 0.15) is 50.6 Å². The van der Waals surface area contributed by atoms with Crippen LogP contribution >= 0.6 is 23.5 Å². The van der Waals surface area contributed by atoms with Gasteiger partial charge >= 0.3 is 29.2 Å². The molecule has 1 aromatic heterocycles. The number of hydrogen-bond donors (Lipinski definition) is 10. The molecule has 1 aliphatic carbocycles. The number of nitrogens with one attached hydrogen (secondary N) is 3. The molecule has 0 bridgehead atoms. The molecular formula is C36H40N6O18P3. The van der Waals surface area contributed by atoms with E-state index in [0.29, 0.717) is 32.8 Å². The molecule has 337 valence electrons. The number of carboxylic acid groups (broad SMARTS) is 1. The third-order valence-electron chi connectivity index (χ3n) is 9.67. The average molecular weight is 938 g/mol. The lowest BCUT2D eigenvalue weighted by Gasteiger charge is -2.29. The third-order valence-corrected chi connectivity index (χ3v) is 13.5. The zero-order chi connectivity index (χ0) is 46.2. The minimum atomic E-state index is -5.85. The molecule has 3 aromatic rings. The van der Waals surface area contributed by atoms with E-state index in [1.165, 1.54) is 30.4 Å². The number of phosphoric ester groups is 1. The Morgan fingerprint density at radius 1 is 1.05 bits per heavy atom. The van der Waals surface area contributed by atoms with Crippen LogP contribution in [-0.2, 0) is 31.6 Å². The summed E-state index contributed by atoms with van der Waals surface area (Å²) in [5.74, 6) is -1.50. The van der Waals surface area contributed by atoms with Crippen LogP contribution in [0, 0.1) is 0 Å². The number of aliphatic hydroxyl groups is 2. The molecule has 2 aliphatic heterocycles. The highest BCUT2D eigenvalue weighted by atomic mass is 31.3. The summed E-state index contributed by atoms with van der Waals surface area (Å²) in [7, 11) is -13.6. The van der Waals surface area contributed by atoms with Crippen molar-refractivity contribution in [1.29, 1.82) is 0 Å². The number of aliphatic hydroxyl groups excluding tert-OH is 2. The molecule has 11 N–H and O–H groups in total. The number of hydrogen-bond acceptors (Lipinski definition) is 18. The maximum absolute atomic E-state index is 13.3.